The number of rotatable bonds is 4. The van der Waals surface area contributed by atoms with E-state index in [0.717, 1.165) is 10.4 Å². The van der Waals surface area contributed by atoms with Gasteiger partial charge >= 0.3 is 0 Å². The van der Waals surface area contributed by atoms with Crippen LogP contribution in [-0.2, 0) is 16.6 Å². The second-order valence-corrected chi connectivity index (χ2v) is 6.95. The smallest absolute Gasteiger partial charge is 0.245 e. The monoisotopic (exact) mass is 300 g/mol. The Morgan fingerprint density at radius 1 is 1.24 bits per heavy atom. The van der Waals surface area contributed by atoms with Gasteiger partial charge in [0.15, 0.2) is 0 Å². The van der Waals surface area contributed by atoms with Crippen molar-refractivity contribution >= 4 is 23.5 Å². The summed E-state index contributed by atoms with van der Waals surface area (Å²) in [5.41, 5.74) is 4.95. The molecule has 0 spiro atoms. The largest absolute Gasteiger partial charge is 0.273 e. The van der Waals surface area contributed by atoms with Crippen molar-refractivity contribution in [3.63, 3.8) is 0 Å². The Balaban J connectivity index is 1.88. The van der Waals surface area contributed by atoms with E-state index in [4.69, 9.17) is 0 Å². The van der Waals surface area contributed by atoms with Gasteiger partial charge in [0, 0.05) is 4.88 Å². The summed E-state index contributed by atoms with van der Waals surface area (Å²) in [6, 6.07) is 12.1. The summed E-state index contributed by atoms with van der Waals surface area (Å²) in [5, 5.41) is 5.95. The maximum atomic E-state index is 11.7. The number of carbonyl (C=O) groups excluding carboxylic acids is 1. The van der Waals surface area contributed by atoms with Gasteiger partial charge in [-0.25, -0.2) is 5.43 Å². The molecule has 0 aliphatic rings. The van der Waals surface area contributed by atoms with Crippen LogP contribution in [0.3, 0.4) is 0 Å². The fourth-order valence-electron chi connectivity index (χ4n) is 1.86. The molecule has 0 atom stereocenters. The van der Waals surface area contributed by atoms with Crippen LogP contribution < -0.4 is 5.43 Å². The number of amides is 1. The summed E-state index contributed by atoms with van der Waals surface area (Å²) < 4.78 is 0. The lowest BCUT2D eigenvalue weighted by Gasteiger charge is -2.18. The van der Waals surface area contributed by atoms with E-state index in [2.05, 4.69) is 43.4 Å². The molecular formula is C17H20N2OS. The minimum Gasteiger partial charge on any atom is -0.273 e. The normalized spacial score (nSPS) is 11.8. The van der Waals surface area contributed by atoms with Crippen molar-refractivity contribution in [3.05, 3.63) is 57.8 Å². The van der Waals surface area contributed by atoms with Gasteiger partial charge in [-0.3, -0.25) is 4.79 Å². The number of hydrazone groups is 1. The van der Waals surface area contributed by atoms with Gasteiger partial charge in [0.1, 0.15) is 0 Å². The molecule has 1 heterocycles. The standard InChI is InChI=1S/C17H20N2OS/c1-17(2,3)14-8-6-13(7-9-14)12-18-19-16(20)11-15-5-4-10-21-15/h4-10,12H,11H2,1-3H3,(H,19,20)/b18-12+. The average molecular weight is 300 g/mol. The Morgan fingerprint density at radius 3 is 2.52 bits per heavy atom. The number of nitrogens with one attached hydrogen (secondary N) is 1. The minimum atomic E-state index is -0.0972. The molecule has 21 heavy (non-hydrogen) atoms. The molecule has 1 aromatic carbocycles. The van der Waals surface area contributed by atoms with Crippen molar-refractivity contribution in [2.75, 3.05) is 0 Å². The third-order valence-electron chi connectivity index (χ3n) is 3.09. The Hall–Kier alpha value is -1.94. The molecule has 3 nitrogen and oxygen atoms in total. The van der Waals surface area contributed by atoms with Crippen molar-refractivity contribution in [2.45, 2.75) is 32.6 Å². The van der Waals surface area contributed by atoms with Gasteiger partial charge in [-0.2, -0.15) is 5.10 Å². The first kappa shape index (κ1) is 15.4. The van der Waals surface area contributed by atoms with Gasteiger partial charge in [0.05, 0.1) is 12.6 Å². The SMILES string of the molecule is CC(C)(C)c1ccc(/C=N/NC(=O)Cc2cccs2)cc1. The second-order valence-electron chi connectivity index (χ2n) is 5.92. The quantitative estimate of drug-likeness (QED) is 0.678. The lowest BCUT2D eigenvalue weighted by Crippen LogP contribution is -2.19. The van der Waals surface area contributed by atoms with Crippen LogP contribution in [0.4, 0.5) is 0 Å². The maximum absolute atomic E-state index is 11.7. The predicted molar refractivity (Wildman–Crippen MR) is 88.9 cm³/mol. The topological polar surface area (TPSA) is 41.5 Å². The van der Waals surface area contributed by atoms with Crippen LogP contribution in [0.5, 0.6) is 0 Å². The molecule has 0 bridgehead atoms. The third kappa shape index (κ3) is 4.83. The fraction of sp³-hybridized carbons (Fsp3) is 0.294. The number of carbonyl (C=O) groups is 1. The minimum absolute atomic E-state index is 0.0972. The molecule has 0 unspecified atom stereocenters. The number of nitrogens with zero attached hydrogens (tertiary/aromatic N) is 1. The zero-order chi connectivity index (χ0) is 15.3. The predicted octanol–water partition coefficient (Wildman–Crippen LogP) is 3.74. The number of hydrogen-bond donors (Lipinski definition) is 1. The van der Waals surface area contributed by atoms with Crippen LogP contribution in [0, 0.1) is 0 Å². The molecule has 2 rings (SSSR count). The van der Waals surface area contributed by atoms with Crippen molar-refractivity contribution in [3.8, 4) is 0 Å². The first-order valence-corrected chi connectivity index (χ1v) is 7.78. The summed E-state index contributed by atoms with van der Waals surface area (Å²) in [6.45, 7) is 6.54. The van der Waals surface area contributed by atoms with E-state index in [1.165, 1.54) is 5.56 Å². The van der Waals surface area contributed by atoms with E-state index in [1.54, 1.807) is 17.6 Å². The molecule has 4 heteroatoms. The molecule has 0 aliphatic carbocycles. The molecular weight excluding hydrogens is 280 g/mol. The van der Waals surface area contributed by atoms with E-state index in [0.29, 0.717) is 6.42 Å². The average Bonchev–Trinajstić information content (AvgIpc) is 2.91. The van der Waals surface area contributed by atoms with Crippen LogP contribution in [0.1, 0.15) is 36.8 Å². The second kappa shape index (κ2) is 6.68. The van der Waals surface area contributed by atoms with E-state index >= 15 is 0 Å². The number of benzene rings is 1. The first-order valence-electron chi connectivity index (χ1n) is 6.90. The summed E-state index contributed by atoms with van der Waals surface area (Å²) in [7, 11) is 0. The molecule has 0 saturated heterocycles. The molecule has 0 radical (unpaired) electrons. The van der Waals surface area contributed by atoms with Crippen molar-refractivity contribution in [2.24, 2.45) is 5.10 Å². The summed E-state index contributed by atoms with van der Waals surface area (Å²) in [5.74, 6) is -0.0972. The van der Waals surface area contributed by atoms with Gasteiger partial charge in [-0.05, 0) is 28.0 Å². The molecule has 1 N–H and O–H groups in total. The van der Waals surface area contributed by atoms with E-state index in [9.17, 15) is 4.79 Å². The molecule has 0 aliphatic heterocycles. The van der Waals surface area contributed by atoms with Crippen LogP contribution in [0.25, 0.3) is 0 Å². The zero-order valence-corrected chi connectivity index (χ0v) is 13.4. The van der Waals surface area contributed by atoms with Crippen molar-refractivity contribution in [1.29, 1.82) is 0 Å². The third-order valence-corrected chi connectivity index (χ3v) is 3.97. The Kier molecular flexibility index (Phi) is 4.91. The van der Waals surface area contributed by atoms with Gasteiger partial charge in [0.2, 0.25) is 5.91 Å². The highest BCUT2D eigenvalue weighted by atomic mass is 32.1. The van der Waals surface area contributed by atoms with Crippen LogP contribution in [0.2, 0.25) is 0 Å². The molecule has 1 amide bonds. The summed E-state index contributed by atoms with van der Waals surface area (Å²) in [4.78, 5) is 12.7. The van der Waals surface area contributed by atoms with Crippen molar-refractivity contribution < 1.29 is 4.79 Å². The highest BCUT2D eigenvalue weighted by Gasteiger charge is 2.12. The molecule has 2 aromatic rings. The first-order chi connectivity index (χ1) is 9.95. The van der Waals surface area contributed by atoms with Crippen LogP contribution in [0.15, 0.2) is 46.9 Å². The van der Waals surface area contributed by atoms with Gasteiger partial charge < -0.3 is 0 Å². The van der Waals surface area contributed by atoms with Gasteiger partial charge in [-0.1, -0.05) is 51.1 Å². The zero-order valence-electron chi connectivity index (χ0n) is 12.6. The summed E-state index contributed by atoms with van der Waals surface area (Å²) in [6.07, 6.45) is 2.04. The Labute approximate surface area is 129 Å². The van der Waals surface area contributed by atoms with Crippen molar-refractivity contribution in [1.82, 2.24) is 5.43 Å². The van der Waals surface area contributed by atoms with Gasteiger partial charge in [0.25, 0.3) is 0 Å². The Morgan fingerprint density at radius 2 is 1.95 bits per heavy atom. The van der Waals surface area contributed by atoms with Crippen LogP contribution >= 0.6 is 11.3 Å². The lowest BCUT2D eigenvalue weighted by molar-refractivity contribution is -0.120. The Bertz CT molecular complexity index is 607. The van der Waals surface area contributed by atoms with Gasteiger partial charge in [-0.15, -0.1) is 11.3 Å². The number of hydrogen-bond acceptors (Lipinski definition) is 3. The highest BCUT2D eigenvalue weighted by Crippen LogP contribution is 2.21. The highest BCUT2D eigenvalue weighted by molar-refractivity contribution is 7.10. The number of thiophene rings is 1. The van der Waals surface area contributed by atoms with Crippen LogP contribution in [-0.4, -0.2) is 12.1 Å². The van der Waals surface area contributed by atoms with E-state index < -0.39 is 0 Å². The summed E-state index contributed by atoms with van der Waals surface area (Å²) >= 11 is 1.57. The molecule has 1 aromatic heterocycles. The van der Waals surface area contributed by atoms with E-state index in [-0.39, 0.29) is 11.3 Å². The van der Waals surface area contributed by atoms with E-state index in [1.807, 2.05) is 29.6 Å². The molecule has 110 valence electrons. The molecule has 0 saturated carbocycles. The maximum Gasteiger partial charge on any atom is 0.245 e. The fourth-order valence-corrected chi connectivity index (χ4v) is 2.56. The lowest BCUT2D eigenvalue weighted by atomic mass is 9.87. The molecule has 0 fully saturated rings.